The van der Waals surface area contributed by atoms with Crippen LogP contribution < -0.4 is 0 Å². The van der Waals surface area contributed by atoms with E-state index in [1.807, 2.05) is 11.3 Å². The first-order valence-electron chi connectivity index (χ1n) is 5.87. The standard InChI is InChI=1S/C16H14S/c1-12-14(10-11-17-12)16-9-5-3-7-13-6-2-4-8-15(13)16/h2-4,6-11H,5H2,1H3. The van der Waals surface area contributed by atoms with E-state index in [9.17, 15) is 0 Å². The van der Waals surface area contributed by atoms with Gasteiger partial charge >= 0.3 is 0 Å². The van der Waals surface area contributed by atoms with Crippen LogP contribution in [0.5, 0.6) is 0 Å². The molecule has 0 nitrogen and oxygen atoms in total. The third-order valence-electron chi connectivity index (χ3n) is 3.16. The van der Waals surface area contributed by atoms with Crippen LogP contribution in [0, 0.1) is 6.92 Å². The molecule has 0 saturated heterocycles. The van der Waals surface area contributed by atoms with Crippen LogP contribution in [-0.4, -0.2) is 0 Å². The Labute approximate surface area is 106 Å². The minimum absolute atomic E-state index is 1.01. The molecule has 84 valence electrons. The van der Waals surface area contributed by atoms with E-state index in [-0.39, 0.29) is 0 Å². The summed E-state index contributed by atoms with van der Waals surface area (Å²) >= 11 is 1.82. The number of hydrogen-bond acceptors (Lipinski definition) is 1. The Morgan fingerprint density at radius 2 is 1.94 bits per heavy atom. The second-order valence-corrected chi connectivity index (χ2v) is 5.35. The number of benzene rings is 1. The van der Waals surface area contributed by atoms with Crippen molar-refractivity contribution in [3.05, 3.63) is 69.4 Å². The third kappa shape index (κ3) is 1.87. The Morgan fingerprint density at radius 3 is 2.76 bits per heavy atom. The summed E-state index contributed by atoms with van der Waals surface area (Å²) in [5, 5.41) is 2.17. The van der Waals surface area contributed by atoms with Crippen LogP contribution >= 0.6 is 11.3 Å². The summed E-state index contributed by atoms with van der Waals surface area (Å²) in [6, 6.07) is 10.9. The van der Waals surface area contributed by atoms with Gasteiger partial charge in [0.15, 0.2) is 0 Å². The van der Waals surface area contributed by atoms with Crippen LogP contribution in [0.25, 0.3) is 11.6 Å². The molecule has 1 aromatic heterocycles. The van der Waals surface area contributed by atoms with Crippen LogP contribution in [0.2, 0.25) is 0 Å². The van der Waals surface area contributed by atoms with Gasteiger partial charge in [-0.25, -0.2) is 0 Å². The minimum atomic E-state index is 1.01. The summed E-state index contributed by atoms with van der Waals surface area (Å²) in [5.41, 5.74) is 5.43. The highest BCUT2D eigenvalue weighted by Gasteiger charge is 2.12. The molecule has 0 saturated carbocycles. The lowest BCUT2D eigenvalue weighted by atomic mass is 9.95. The van der Waals surface area contributed by atoms with Crippen molar-refractivity contribution < 1.29 is 0 Å². The maximum absolute atomic E-state index is 2.33. The van der Waals surface area contributed by atoms with Gasteiger partial charge in [-0.2, -0.15) is 0 Å². The van der Waals surface area contributed by atoms with Crippen molar-refractivity contribution in [3.8, 4) is 0 Å². The molecule has 0 unspecified atom stereocenters. The second-order valence-electron chi connectivity index (χ2n) is 4.23. The number of allylic oxidation sites excluding steroid dienone is 2. The van der Waals surface area contributed by atoms with Crippen molar-refractivity contribution in [3.63, 3.8) is 0 Å². The molecular formula is C16H14S. The lowest BCUT2D eigenvalue weighted by Gasteiger charge is -2.09. The molecular weight excluding hydrogens is 224 g/mol. The normalized spacial score (nSPS) is 14.1. The Balaban J connectivity index is 2.20. The van der Waals surface area contributed by atoms with E-state index in [0.717, 1.165) is 6.42 Å². The maximum atomic E-state index is 2.33. The molecule has 1 heterocycles. The topological polar surface area (TPSA) is 0 Å². The summed E-state index contributed by atoms with van der Waals surface area (Å²) in [5.74, 6) is 0. The molecule has 1 aromatic carbocycles. The van der Waals surface area contributed by atoms with Gasteiger partial charge in [-0.15, -0.1) is 11.3 Å². The van der Waals surface area contributed by atoms with Gasteiger partial charge in [-0.1, -0.05) is 42.5 Å². The summed E-state index contributed by atoms with van der Waals surface area (Å²) < 4.78 is 0. The lowest BCUT2D eigenvalue weighted by molar-refractivity contribution is 1.41. The van der Waals surface area contributed by atoms with Gasteiger partial charge in [-0.3, -0.25) is 0 Å². The van der Waals surface area contributed by atoms with Crippen molar-refractivity contribution in [1.29, 1.82) is 0 Å². The fraction of sp³-hybridized carbons (Fsp3) is 0.125. The second kappa shape index (κ2) is 4.34. The number of aryl methyl sites for hydroxylation is 1. The molecule has 0 atom stereocenters. The first-order chi connectivity index (χ1) is 8.36. The quantitative estimate of drug-likeness (QED) is 0.662. The van der Waals surface area contributed by atoms with Gasteiger partial charge in [0.25, 0.3) is 0 Å². The zero-order chi connectivity index (χ0) is 11.7. The average molecular weight is 238 g/mol. The van der Waals surface area contributed by atoms with E-state index >= 15 is 0 Å². The number of fused-ring (bicyclic) bond motifs is 1. The Bertz CT molecular complexity index is 599. The smallest absolute Gasteiger partial charge is 0.00926 e. The fourth-order valence-electron chi connectivity index (χ4n) is 2.30. The molecule has 0 fully saturated rings. The monoisotopic (exact) mass is 238 g/mol. The zero-order valence-corrected chi connectivity index (χ0v) is 10.6. The highest BCUT2D eigenvalue weighted by atomic mass is 32.1. The van der Waals surface area contributed by atoms with Crippen molar-refractivity contribution in [2.75, 3.05) is 0 Å². The summed E-state index contributed by atoms with van der Waals surface area (Å²) in [6.07, 6.45) is 7.80. The van der Waals surface area contributed by atoms with E-state index in [4.69, 9.17) is 0 Å². The molecule has 0 N–H and O–H groups in total. The van der Waals surface area contributed by atoms with E-state index in [1.54, 1.807) is 0 Å². The maximum Gasteiger partial charge on any atom is 0.00926 e. The molecule has 0 radical (unpaired) electrons. The first-order valence-corrected chi connectivity index (χ1v) is 6.75. The fourth-order valence-corrected chi connectivity index (χ4v) is 3.01. The lowest BCUT2D eigenvalue weighted by Crippen LogP contribution is -1.90. The van der Waals surface area contributed by atoms with Crippen molar-refractivity contribution in [2.45, 2.75) is 13.3 Å². The van der Waals surface area contributed by atoms with Crippen LogP contribution in [0.15, 0.2) is 47.9 Å². The number of rotatable bonds is 1. The molecule has 2 aromatic rings. The number of thiophene rings is 1. The third-order valence-corrected chi connectivity index (χ3v) is 4.00. The van der Waals surface area contributed by atoms with Crippen molar-refractivity contribution in [2.24, 2.45) is 0 Å². The van der Waals surface area contributed by atoms with Gasteiger partial charge < -0.3 is 0 Å². The summed E-state index contributed by atoms with van der Waals surface area (Å²) in [7, 11) is 0. The van der Waals surface area contributed by atoms with E-state index in [1.165, 1.54) is 27.1 Å². The largest absolute Gasteiger partial charge is 0.149 e. The van der Waals surface area contributed by atoms with Crippen molar-refractivity contribution in [1.82, 2.24) is 0 Å². The van der Waals surface area contributed by atoms with Gasteiger partial charge in [0.1, 0.15) is 0 Å². The molecule has 1 heteroatoms. The van der Waals surface area contributed by atoms with Gasteiger partial charge in [0.2, 0.25) is 0 Å². The minimum Gasteiger partial charge on any atom is -0.149 e. The molecule has 0 aliphatic heterocycles. The molecule has 1 aliphatic carbocycles. The molecule has 0 amide bonds. The Hall–Kier alpha value is -1.60. The van der Waals surface area contributed by atoms with Crippen molar-refractivity contribution >= 4 is 23.0 Å². The summed E-state index contributed by atoms with van der Waals surface area (Å²) in [4.78, 5) is 1.40. The number of hydrogen-bond donors (Lipinski definition) is 0. The highest BCUT2D eigenvalue weighted by molar-refractivity contribution is 7.10. The molecule has 0 spiro atoms. The zero-order valence-electron chi connectivity index (χ0n) is 9.81. The molecule has 1 aliphatic rings. The average Bonchev–Trinajstić information content (AvgIpc) is 2.66. The van der Waals surface area contributed by atoms with Crippen LogP contribution in [0.4, 0.5) is 0 Å². The SMILES string of the molecule is Cc1sccc1C1=CCC=Cc2ccccc21. The van der Waals surface area contributed by atoms with Gasteiger partial charge in [0, 0.05) is 4.88 Å². The predicted molar refractivity (Wildman–Crippen MR) is 76.2 cm³/mol. The molecule has 3 rings (SSSR count). The summed E-state index contributed by atoms with van der Waals surface area (Å²) in [6.45, 7) is 2.20. The molecule has 17 heavy (non-hydrogen) atoms. The van der Waals surface area contributed by atoms with Gasteiger partial charge in [-0.05, 0) is 47.1 Å². The Kier molecular flexibility index (Phi) is 2.69. The van der Waals surface area contributed by atoms with Gasteiger partial charge in [0.05, 0.1) is 0 Å². The Morgan fingerprint density at radius 1 is 1.06 bits per heavy atom. The first kappa shape index (κ1) is 10.5. The predicted octanol–water partition coefficient (Wildman–Crippen LogP) is 4.91. The van der Waals surface area contributed by atoms with E-state index in [2.05, 4.69) is 60.9 Å². The van der Waals surface area contributed by atoms with Crippen LogP contribution in [-0.2, 0) is 0 Å². The van der Waals surface area contributed by atoms with E-state index in [0.29, 0.717) is 0 Å². The van der Waals surface area contributed by atoms with Crippen LogP contribution in [0.1, 0.15) is 28.0 Å². The molecule has 0 bridgehead atoms. The highest BCUT2D eigenvalue weighted by Crippen LogP contribution is 2.33. The van der Waals surface area contributed by atoms with Crippen LogP contribution in [0.3, 0.4) is 0 Å². The van der Waals surface area contributed by atoms with E-state index < -0.39 is 0 Å².